The number of benzene rings is 3. The van der Waals surface area contributed by atoms with E-state index in [1.807, 2.05) is 24.3 Å². The molecule has 0 spiro atoms. The molecule has 4 rings (SSSR count). The van der Waals surface area contributed by atoms with Gasteiger partial charge < -0.3 is 0 Å². The normalized spacial score (nSPS) is 17.6. The molecule has 0 amide bonds. The first kappa shape index (κ1) is 13.3. The summed E-state index contributed by atoms with van der Waals surface area (Å²) in [5.74, 6) is 0.540. The number of nitro groups is 1. The highest BCUT2D eigenvalue weighted by atomic mass is 16.6. The minimum Gasteiger partial charge on any atom is -0.258 e. The molecule has 0 saturated heterocycles. The van der Waals surface area contributed by atoms with Gasteiger partial charge in [0.05, 0.1) is 10.3 Å². The average Bonchev–Trinajstić information content (AvgIpc) is 2.54. The van der Waals surface area contributed by atoms with Crippen molar-refractivity contribution >= 4 is 27.2 Å². The van der Waals surface area contributed by atoms with Crippen LogP contribution in [0.2, 0.25) is 0 Å². The monoisotopic (exact) mass is 291 g/mol. The van der Waals surface area contributed by atoms with E-state index in [1.165, 1.54) is 17.5 Å². The van der Waals surface area contributed by atoms with Crippen LogP contribution in [-0.4, -0.2) is 4.92 Å². The first-order valence-electron chi connectivity index (χ1n) is 7.78. The van der Waals surface area contributed by atoms with Gasteiger partial charge in [-0.2, -0.15) is 0 Å². The third kappa shape index (κ3) is 1.82. The van der Waals surface area contributed by atoms with Gasteiger partial charge in [0, 0.05) is 6.07 Å². The Morgan fingerprint density at radius 3 is 2.55 bits per heavy atom. The largest absolute Gasteiger partial charge is 0.277 e. The molecule has 1 aliphatic rings. The molecule has 3 nitrogen and oxygen atoms in total. The summed E-state index contributed by atoms with van der Waals surface area (Å²) in [5, 5.41) is 15.4. The molecule has 1 aliphatic carbocycles. The van der Waals surface area contributed by atoms with Gasteiger partial charge in [-0.05, 0) is 58.5 Å². The molecule has 0 saturated carbocycles. The Hall–Kier alpha value is -2.42. The van der Waals surface area contributed by atoms with Crippen LogP contribution in [0.15, 0.2) is 42.5 Å². The first-order chi connectivity index (χ1) is 10.7. The van der Waals surface area contributed by atoms with Crippen LogP contribution in [0.1, 0.15) is 36.8 Å². The smallest absolute Gasteiger partial charge is 0.258 e. The molecule has 1 atom stereocenters. The second-order valence-corrected chi connectivity index (χ2v) is 6.22. The molecule has 22 heavy (non-hydrogen) atoms. The number of nitrogens with zero attached hydrogens (tertiary/aromatic N) is 1. The molecule has 0 radical (unpaired) electrons. The zero-order valence-corrected chi connectivity index (χ0v) is 12.5. The maximum absolute atomic E-state index is 11.5. The van der Waals surface area contributed by atoms with Crippen molar-refractivity contribution in [1.82, 2.24) is 0 Å². The van der Waals surface area contributed by atoms with Gasteiger partial charge in [-0.1, -0.05) is 37.3 Å². The van der Waals surface area contributed by atoms with E-state index < -0.39 is 0 Å². The number of nitro benzene ring substituents is 1. The van der Waals surface area contributed by atoms with Crippen LogP contribution in [0.5, 0.6) is 0 Å². The highest BCUT2D eigenvalue weighted by Gasteiger charge is 2.22. The lowest BCUT2D eigenvalue weighted by Crippen LogP contribution is -2.07. The van der Waals surface area contributed by atoms with Crippen molar-refractivity contribution in [1.29, 1.82) is 0 Å². The van der Waals surface area contributed by atoms with Crippen molar-refractivity contribution in [3.63, 3.8) is 0 Å². The second kappa shape index (κ2) is 4.80. The SMILES string of the molecule is CC1CCCc2c1ccc1c2cc([N+](=O)[O-])c2ccccc21. The third-order valence-corrected chi connectivity index (χ3v) is 4.96. The minimum atomic E-state index is -0.257. The van der Waals surface area contributed by atoms with E-state index in [1.54, 1.807) is 6.07 Å². The lowest BCUT2D eigenvalue weighted by molar-refractivity contribution is -0.382. The van der Waals surface area contributed by atoms with Crippen LogP contribution < -0.4 is 0 Å². The summed E-state index contributed by atoms with van der Waals surface area (Å²) < 4.78 is 0. The van der Waals surface area contributed by atoms with Crippen molar-refractivity contribution in [3.8, 4) is 0 Å². The van der Waals surface area contributed by atoms with Crippen molar-refractivity contribution in [2.45, 2.75) is 32.1 Å². The maximum atomic E-state index is 11.5. The fourth-order valence-electron chi connectivity index (χ4n) is 3.87. The topological polar surface area (TPSA) is 43.1 Å². The van der Waals surface area contributed by atoms with Crippen molar-refractivity contribution in [2.24, 2.45) is 0 Å². The molecule has 0 aliphatic heterocycles. The van der Waals surface area contributed by atoms with Gasteiger partial charge in [0.25, 0.3) is 5.69 Å². The number of non-ortho nitro benzene ring substituents is 1. The number of hydrogen-bond donors (Lipinski definition) is 0. The van der Waals surface area contributed by atoms with Crippen LogP contribution in [0.4, 0.5) is 5.69 Å². The van der Waals surface area contributed by atoms with E-state index in [-0.39, 0.29) is 10.6 Å². The first-order valence-corrected chi connectivity index (χ1v) is 7.78. The molecule has 3 aromatic carbocycles. The van der Waals surface area contributed by atoms with Gasteiger partial charge in [0.15, 0.2) is 0 Å². The summed E-state index contributed by atoms with van der Waals surface area (Å²) in [4.78, 5) is 11.2. The van der Waals surface area contributed by atoms with E-state index in [2.05, 4.69) is 19.1 Å². The zero-order chi connectivity index (χ0) is 15.3. The molecule has 3 heteroatoms. The van der Waals surface area contributed by atoms with Crippen LogP contribution in [0.25, 0.3) is 21.5 Å². The van der Waals surface area contributed by atoms with Crippen molar-refractivity contribution in [2.75, 3.05) is 0 Å². The Morgan fingerprint density at radius 1 is 1.05 bits per heavy atom. The number of fused-ring (bicyclic) bond motifs is 5. The zero-order valence-electron chi connectivity index (χ0n) is 12.5. The van der Waals surface area contributed by atoms with Gasteiger partial charge in [0.1, 0.15) is 0 Å². The van der Waals surface area contributed by atoms with E-state index in [9.17, 15) is 10.1 Å². The summed E-state index contributed by atoms with van der Waals surface area (Å²) in [6, 6.07) is 13.8. The summed E-state index contributed by atoms with van der Waals surface area (Å²) >= 11 is 0. The summed E-state index contributed by atoms with van der Waals surface area (Å²) in [6.07, 6.45) is 3.38. The lowest BCUT2D eigenvalue weighted by atomic mass is 9.81. The predicted molar refractivity (Wildman–Crippen MR) is 89.5 cm³/mol. The lowest BCUT2D eigenvalue weighted by Gasteiger charge is -2.24. The molecule has 110 valence electrons. The molecule has 3 aromatic rings. The van der Waals surface area contributed by atoms with Crippen molar-refractivity contribution in [3.05, 3.63) is 63.7 Å². The number of aryl methyl sites for hydroxylation is 1. The van der Waals surface area contributed by atoms with Gasteiger partial charge >= 0.3 is 0 Å². The number of hydrogen-bond acceptors (Lipinski definition) is 2. The number of rotatable bonds is 1. The Kier molecular flexibility index (Phi) is 2.89. The van der Waals surface area contributed by atoms with E-state index in [4.69, 9.17) is 0 Å². The summed E-state index contributed by atoms with van der Waals surface area (Å²) in [7, 11) is 0. The van der Waals surface area contributed by atoms with Crippen LogP contribution in [0.3, 0.4) is 0 Å². The van der Waals surface area contributed by atoms with Crippen LogP contribution in [-0.2, 0) is 6.42 Å². The second-order valence-electron chi connectivity index (χ2n) is 6.22. The predicted octanol–water partition coefficient (Wildman–Crippen LogP) is 5.34. The van der Waals surface area contributed by atoms with Gasteiger partial charge in [-0.3, -0.25) is 10.1 Å². The standard InChI is InChI=1S/C19H17NO2/c1-12-5-4-8-14-13(12)9-10-16-15-6-2-3-7-17(15)19(20(21)22)11-18(14)16/h2-3,6-7,9-12H,4-5,8H2,1H3. The van der Waals surface area contributed by atoms with E-state index >= 15 is 0 Å². The van der Waals surface area contributed by atoms with Crippen LogP contribution in [0, 0.1) is 10.1 Å². The molecular formula is C19H17NO2. The van der Waals surface area contributed by atoms with E-state index in [0.717, 1.165) is 34.4 Å². The molecule has 0 N–H and O–H groups in total. The van der Waals surface area contributed by atoms with Gasteiger partial charge in [-0.15, -0.1) is 0 Å². The van der Waals surface area contributed by atoms with Gasteiger partial charge in [0.2, 0.25) is 0 Å². The highest BCUT2D eigenvalue weighted by molar-refractivity contribution is 6.12. The quantitative estimate of drug-likeness (QED) is 0.345. The van der Waals surface area contributed by atoms with E-state index in [0.29, 0.717) is 5.92 Å². The Labute approximate surface area is 128 Å². The fourth-order valence-corrected chi connectivity index (χ4v) is 3.87. The Bertz CT molecular complexity index is 914. The fraction of sp³-hybridized carbons (Fsp3) is 0.263. The maximum Gasteiger partial charge on any atom is 0.277 e. The summed E-state index contributed by atoms with van der Waals surface area (Å²) in [5.41, 5.74) is 2.89. The summed E-state index contributed by atoms with van der Waals surface area (Å²) in [6.45, 7) is 2.25. The molecule has 0 fully saturated rings. The third-order valence-electron chi connectivity index (χ3n) is 4.96. The molecule has 0 bridgehead atoms. The minimum absolute atomic E-state index is 0.217. The average molecular weight is 291 g/mol. The highest BCUT2D eigenvalue weighted by Crippen LogP contribution is 2.40. The Morgan fingerprint density at radius 2 is 1.77 bits per heavy atom. The molecule has 1 unspecified atom stereocenters. The van der Waals surface area contributed by atoms with Gasteiger partial charge in [-0.25, -0.2) is 0 Å². The molecular weight excluding hydrogens is 274 g/mol. The molecule has 0 heterocycles. The molecule has 0 aromatic heterocycles. The Balaban J connectivity index is 2.18. The van der Waals surface area contributed by atoms with Crippen molar-refractivity contribution < 1.29 is 4.92 Å². The van der Waals surface area contributed by atoms with Crippen LogP contribution >= 0.6 is 0 Å².